The summed E-state index contributed by atoms with van der Waals surface area (Å²) in [7, 11) is 0. The molecule has 0 saturated heterocycles. The molecule has 0 aliphatic carbocycles. The van der Waals surface area contributed by atoms with Crippen LogP contribution in [0.1, 0.15) is 11.1 Å². The zero-order valence-corrected chi connectivity index (χ0v) is 13.0. The summed E-state index contributed by atoms with van der Waals surface area (Å²) < 4.78 is 1.14. The molecule has 0 atom stereocenters. The van der Waals surface area contributed by atoms with Crippen molar-refractivity contribution < 1.29 is 4.79 Å². The van der Waals surface area contributed by atoms with Crippen LogP contribution < -0.4 is 10.6 Å². The van der Waals surface area contributed by atoms with E-state index in [4.69, 9.17) is 0 Å². The van der Waals surface area contributed by atoms with E-state index in [1.807, 2.05) is 56.3 Å². The molecule has 2 aromatic carbocycles. The van der Waals surface area contributed by atoms with E-state index < -0.39 is 0 Å². The first-order chi connectivity index (χ1) is 9.04. The second-order valence-corrected chi connectivity index (χ2v) is 5.63. The maximum atomic E-state index is 11.8. The molecule has 3 nitrogen and oxygen atoms in total. The molecule has 0 heterocycles. The van der Waals surface area contributed by atoms with E-state index in [1.54, 1.807) is 0 Å². The van der Waals surface area contributed by atoms with Crippen molar-refractivity contribution in [1.82, 2.24) is 0 Å². The van der Waals surface area contributed by atoms with Crippen LogP contribution >= 0.6 is 22.6 Å². The number of urea groups is 1. The molecule has 19 heavy (non-hydrogen) atoms. The van der Waals surface area contributed by atoms with Crippen molar-refractivity contribution in [2.75, 3.05) is 10.6 Å². The van der Waals surface area contributed by atoms with Gasteiger partial charge in [0.05, 0.1) is 0 Å². The van der Waals surface area contributed by atoms with Gasteiger partial charge in [0.25, 0.3) is 0 Å². The minimum Gasteiger partial charge on any atom is -0.308 e. The maximum Gasteiger partial charge on any atom is 0.323 e. The van der Waals surface area contributed by atoms with Crippen LogP contribution in [-0.2, 0) is 0 Å². The van der Waals surface area contributed by atoms with Gasteiger partial charge < -0.3 is 10.6 Å². The lowest BCUT2D eigenvalue weighted by Crippen LogP contribution is -2.19. The van der Waals surface area contributed by atoms with Gasteiger partial charge in [0.15, 0.2) is 0 Å². The lowest BCUT2D eigenvalue weighted by molar-refractivity contribution is 0.262. The van der Waals surface area contributed by atoms with E-state index in [1.165, 1.54) is 5.56 Å². The number of rotatable bonds is 2. The number of carbonyl (C=O) groups is 1. The van der Waals surface area contributed by atoms with Crippen molar-refractivity contribution in [2.45, 2.75) is 13.8 Å². The average molecular weight is 366 g/mol. The monoisotopic (exact) mass is 366 g/mol. The Morgan fingerprint density at radius 1 is 0.895 bits per heavy atom. The van der Waals surface area contributed by atoms with Gasteiger partial charge in [0, 0.05) is 14.9 Å². The zero-order chi connectivity index (χ0) is 13.8. The number of aryl methyl sites for hydroxylation is 2. The van der Waals surface area contributed by atoms with Gasteiger partial charge in [-0.25, -0.2) is 4.79 Å². The predicted molar refractivity (Wildman–Crippen MR) is 87.7 cm³/mol. The Morgan fingerprint density at radius 2 is 1.47 bits per heavy atom. The number of nitrogens with one attached hydrogen (secondary N) is 2. The van der Waals surface area contributed by atoms with Crippen molar-refractivity contribution >= 4 is 40.0 Å². The van der Waals surface area contributed by atoms with Crippen LogP contribution in [0.25, 0.3) is 0 Å². The molecule has 98 valence electrons. The van der Waals surface area contributed by atoms with Crippen LogP contribution in [0.15, 0.2) is 42.5 Å². The standard InChI is InChI=1S/C15H15IN2O/c1-10-3-6-14(9-11(10)2)18-15(19)17-13-7-4-12(16)5-8-13/h3-9H,1-2H3,(H2,17,18,19). The summed E-state index contributed by atoms with van der Waals surface area (Å²) in [6.07, 6.45) is 0. The van der Waals surface area contributed by atoms with E-state index >= 15 is 0 Å². The van der Waals surface area contributed by atoms with Gasteiger partial charge >= 0.3 is 6.03 Å². The summed E-state index contributed by atoms with van der Waals surface area (Å²) >= 11 is 2.23. The molecule has 4 heteroatoms. The number of amides is 2. The Kier molecular flexibility index (Phi) is 4.42. The third-order valence-corrected chi connectivity index (χ3v) is 3.59. The van der Waals surface area contributed by atoms with Crippen LogP contribution in [-0.4, -0.2) is 6.03 Å². The van der Waals surface area contributed by atoms with Crippen LogP contribution in [0.5, 0.6) is 0 Å². The molecule has 0 saturated carbocycles. The van der Waals surface area contributed by atoms with Crippen molar-refractivity contribution in [3.8, 4) is 0 Å². The van der Waals surface area contributed by atoms with Gasteiger partial charge in [0.2, 0.25) is 0 Å². The van der Waals surface area contributed by atoms with Gasteiger partial charge in [-0.05, 0) is 84.0 Å². The molecule has 2 rings (SSSR count). The summed E-state index contributed by atoms with van der Waals surface area (Å²) in [4.78, 5) is 11.8. The highest BCUT2D eigenvalue weighted by molar-refractivity contribution is 14.1. The minimum atomic E-state index is -0.232. The van der Waals surface area contributed by atoms with Crippen molar-refractivity contribution in [1.29, 1.82) is 0 Å². The second-order valence-electron chi connectivity index (χ2n) is 4.39. The molecule has 0 unspecified atom stereocenters. The second kappa shape index (κ2) is 6.06. The fourth-order valence-electron chi connectivity index (χ4n) is 1.65. The number of halogens is 1. The number of anilines is 2. The molecule has 0 aliphatic heterocycles. The topological polar surface area (TPSA) is 41.1 Å². The van der Waals surface area contributed by atoms with Crippen LogP contribution in [0.4, 0.5) is 16.2 Å². The molecule has 0 radical (unpaired) electrons. The highest BCUT2D eigenvalue weighted by atomic mass is 127. The first kappa shape index (κ1) is 13.9. The number of benzene rings is 2. The van der Waals surface area contributed by atoms with Crippen LogP contribution in [0, 0.1) is 17.4 Å². The summed E-state index contributed by atoms with van der Waals surface area (Å²) in [5.41, 5.74) is 3.95. The molecule has 2 N–H and O–H groups in total. The van der Waals surface area contributed by atoms with Crippen LogP contribution in [0.2, 0.25) is 0 Å². The molecule has 2 aromatic rings. The van der Waals surface area contributed by atoms with Gasteiger partial charge in [0.1, 0.15) is 0 Å². The van der Waals surface area contributed by atoms with Gasteiger partial charge in [-0.2, -0.15) is 0 Å². The smallest absolute Gasteiger partial charge is 0.308 e. The molecular weight excluding hydrogens is 351 g/mol. The number of hydrogen-bond donors (Lipinski definition) is 2. The van der Waals surface area contributed by atoms with E-state index in [-0.39, 0.29) is 6.03 Å². The largest absolute Gasteiger partial charge is 0.323 e. The Balaban J connectivity index is 2.01. The Hall–Kier alpha value is -1.56. The van der Waals surface area contributed by atoms with Crippen LogP contribution in [0.3, 0.4) is 0 Å². The fraction of sp³-hybridized carbons (Fsp3) is 0.133. The molecule has 2 amide bonds. The minimum absolute atomic E-state index is 0.232. The maximum absolute atomic E-state index is 11.8. The number of carbonyl (C=O) groups excluding carboxylic acids is 1. The lowest BCUT2D eigenvalue weighted by atomic mass is 10.1. The third kappa shape index (κ3) is 3.96. The highest BCUT2D eigenvalue weighted by Gasteiger charge is 2.03. The Bertz CT molecular complexity index is 594. The molecule has 0 spiro atoms. The molecule has 0 bridgehead atoms. The normalized spacial score (nSPS) is 10.1. The van der Waals surface area contributed by atoms with E-state index in [9.17, 15) is 4.79 Å². The van der Waals surface area contributed by atoms with Crippen molar-refractivity contribution in [3.05, 3.63) is 57.2 Å². The molecule has 0 fully saturated rings. The summed E-state index contributed by atoms with van der Waals surface area (Å²) in [6, 6.07) is 13.3. The number of hydrogen-bond acceptors (Lipinski definition) is 1. The Labute approximate surface area is 126 Å². The first-order valence-corrected chi connectivity index (χ1v) is 7.03. The van der Waals surface area contributed by atoms with Gasteiger partial charge in [-0.1, -0.05) is 6.07 Å². The average Bonchev–Trinajstić information content (AvgIpc) is 2.37. The zero-order valence-electron chi connectivity index (χ0n) is 10.8. The summed E-state index contributed by atoms with van der Waals surface area (Å²) in [5, 5.41) is 5.62. The summed E-state index contributed by atoms with van der Waals surface area (Å²) in [6.45, 7) is 4.07. The van der Waals surface area contributed by atoms with Crippen molar-refractivity contribution in [3.63, 3.8) is 0 Å². The molecular formula is C15H15IN2O. The first-order valence-electron chi connectivity index (χ1n) is 5.95. The van der Waals surface area contributed by atoms with Gasteiger partial charge in [-0.3, -0.25) is 0 Å². The van der Waals surface area contributed by atoms with Gasteiger partial charge in [-0.15, -0.1) is 0 Å². The third-order valence-electron chi connectivity index (χ3n) is 2.87. The quantitative estimate of drug-likeness (QED) is 0.753. The predicted octanol–water partition coefficient (Wildman–Crippen LogP) is 4.55. The highest BCUT2D eigenvalue weighted by Crippen LogP contribution is 2.15. The van der Waals surface area contributed by atoms with E-state index in [0.717, 1.165) is 20.5 Å². The Morgan fingerprint density at radius 3 is 2.11 bits per heavy atom. The summed E-state index contributed by atoms with van der Waals surface area (Å²) in [5.74, 6) is 0. The van der Waals surface area contributed by atoms with E-state index in [0.29, 0.717) is 0 Å². The SMILES string of the molecule is Cc1ccc(NC(=O)Nc2ccc(I)cc2)cc1C. The molecule has 0 aromatic heterocycles. The molecule has 0 aliphatic rings. The fourth-order valence-corrected chi connectivity index (χ4v) is 2.01. The van der Waals surface area contributed by atoms with Crippen molar-refractivity contribution in [2.24, 2.45) is 0 Å². The lowest BCUT2D eigenvalue weighted by Gasteiger charge is -2.09. The van der Waals surface area contributed by atoms with E-state index in [2.05, 4.69) is 33.2 Å².